The molecule has 0 heterocycles. The van der Waals surface area contributed by atoms with Gasteiger partial charge in [-0.1, -0.05) is 12.2 Å². The first-order valence-corrected chi connectivity index (χ1v) is 2.96. The van der Waals surface area contributed by atoms with E-state index in [-0.39, 0.29) is 5.91 Å². The van der Waals surface area contributed by atoms with E-state index >= 15 is 0 Å². The lowest BCUT2D eigenvalue weighted by Crippen LogP contribution is -2.13. The summed E-state index contributed by atoms with van der Waals surface area (Å²) in [5.41, 5.74) is 0. The second kappa shape index (κ2) is 5.22. The molecule has 0 rings (SSSR count). The van der Waals surface area contributed by atoms with Gasteiger partial charge in [-0.3, -0.25) is 4.79 Å². The van der Waals surface area contributed by atoms with Crippen LogP contribution < -0.4 is 5.32 Å². The Balaban J connectivity index is 3.77. The Labute approximate surface area is 64.2 Å². The van der Waals surface area contributed by atoms with Gasteiger partial charge in [0.25, 0.3) is 0 Å². The summed E-state index contributed by atoms with van der Waals surface area (Å²) in [6.07, 6.45) is 4.81. The minimum absolute atomic E-state index is 0.264. The van der Waals surface area contributed by atoms with Crippen LogP contribution in [-0.4, -0.2) is 24.0 Å². The highest BCUT2D eigenvalue weighted by Crippen LogP contribution is 1.77. The zero-order valence-electron chi connectivity index (χ0n) is 6.07. The number of allylic oxidation sites excluding steroid dienone is 2. The van der Waals surface area contributed by atoms with Gasteiger partial charge < -0.3 is 10.4 Å². The van der Waals surface area contributed by atoms with Gasteiger partial charge in [-0.25, -0.2) is 4.79 Å². The van der Waals surface area contributed by atoms with Crippen LogP contribution in [-0.2, 0) is 9.59 Å². The Morgan fingerprint density at radius 3 is 2.27 bits per heavy atom. The molecule has 0 aliphatic carbocycles. The lowest BCUT2D eigenvalue weighted by molar-refractivity contribution is -0.131. The van der Waals surface area contributed by atoms with Crippen LogP contribution in [0, 0.1) is 0 Å². The number of hydrogen-bond donors (Lipinski definition) is 2. The van der Waals surface area contributed by atoms with Gasteiger partial charge in [-0.15, -0.1) is 0 Å². The molecule has 0 aromatic carbocycles. The molecule has 0 saturated heterocycles. The van der Waals surface area contributed by atoms with Gasteiger partial charge in [0, 0.05) is 19.2 Å². The van der Waals surface area contributed by atoms with Crippen molar-refractivity contribution >= 4 is 11.9 Å². The molecule has 0 radical (unpaired) electrons. The van der Waals surface area contributed by atoms with Crippen LogP contribution in [0.5, 0.6) is 0 Å². The number of carboxylic acid groups (broad SMARTS) is 1. The quantitative estimate of drug-likeness (QED) is 0.443. The average molecular weight is 155 g/mol. The van der Waals surface area contributed by atoms with Crippen LogP contribution in [0.3, 0.4) is 0 Å². The minimum atomic E-state index is -1.04. The SMILES string of the molecule is CNC(=O)/C=C/C=C/C(=O)O. The fraction of sp³-hybridized carbons (Fsp3) is 0.143. The number of aliphatic carboxylic acids is 1. The molecule has 4 heteroatoms. The van der Waals surface area contributed by atoms with Crippen molar-refractivity contribution in [1.29, 1.82) is 0 Å². The summed E-state index contributed by atoms with van der Waals surface area (Å²) in [5.74, 6) is -1.30. The summed E-state index contributed by atoms with van der Waals surface area (Å²) in [6, 6.07) is 0. The number of carbonyl (C=O) groups is 2. The van der Waals surface area contributed by atoms with E-state index in [0.717, 1.165) is 6.08 Å². The maximum Gasteiger partial charge on any atom is 0.328 e. The monoisotopic (exact) mass is 155 g/mol. The summed E-state index contributed by atoms with van der Waals surface area (Å²) >= 11 is 0. The number of nitrogens with one attached hydrogen (secondary N) is 1. The molecule has 0 aromatic rings. The lowest BCUT2D eigenvalue weighted by Gasteiger charge is -1.85. The molecule has 0 spiro atoms. The summed E-state index contributed by atoms with van der Waals surface area (Å²) in [4.78, 5) is 20.4. The smallest absolute Gasteiger partial charge is 0.328 e. The van der Waals surface area contributed by atoms with Crippen molar-refractivity contribution in [3.63, 3.8) is 0 Å². The predicted octanol–water partition coefficient (Wildman–Crippen LogP) is -0.0706. The van der Waals surface area contributed by atoms with E-state index in [1.165, 1.54) is 25.3 Å². The number of rotatable bonds is 3. The lowest BCUT2D eigenvalue weighted by atomic mass is 10.4. The van der Waals surface area contributed by atoms with E-state index in [0.29, 0.717) is 0 Å². The summed E-state index contributed by atoms with van der Waals surface area (Å²) in [5, 5.41) is 10.5. The zero-order valence-corrected chi connectivity index (χ0v) is 6.07. The Morgan fingerprint density at radius 2 is 1.82 bits per heavy atom. The number of likely N-dealkylation sites (N-methyl/N-ethyl adjacent to an activating group) is 1. The highest BCUT2D eigenvalue weighted by Gasteiger charge is 1.85. The third-order valence-electron chi connectivity index (χ3n) is 0.844. The van der Waals surface area contributed by atoms with Crippen LogP contribution in [0.2, 0.25) is 0 Å². The fourth-order valence-corrected chi connectivity index (χ4v) is 0.364. The number of amides is 1. The Morgan fingerprint density at radius 1 is 1.27 bits per heavy atom. The molecule has 11 heavy (non-hydrogen) atoms. The molecule has 0 saturated carbocycles. The number of carbonyl (C=O) groups excluding carboxylic acids is 1. The first kappa shape index (κ1) is 9.42. The van der Waals surface area contributed by atoms with Gasteiger partial charge >= 0.3 is 5.97 Å². The van der Waals surface area contributed by atoms with Crippen molar-refractivity contribution in [2.75, 3.05) is 7.05 Å². The van der Waals surface area contributed by atoms with Gasteiger partial charge in [0.05, 0.1) is 0 Å². The molecule has 60 valence electrons. The standard InChI is InChI=1S/C7H9NO3/c1-8-6(9)4-2-3-5-7(10)11/h2-5H,1H3,(H,8,9)(H,10,11)/b4-2+,5-3+. The molecule has 0 aromatic heterocycles. The molecule has 1 amide bonds. The van der Waals surface area contributed by atoms with Crippen molar-refractivity contribution in [3.05, 3.63) is 24.3 Å². The topological polar surface area (TPSA) is 66.4 Å². The van der Waals surface area contributed by atoms with Gasteiger partial charge in [-0.2, -0.15) is 0 Å². The molecule has 2 N–H and O–H groups in total. The molecule has 0 aliphatic rings. The Kier molecular flexibility index (Phi) is 4.47. The van der Waals surface area contributed by atoms with E-state index < -0.39 is 5.97 Å². The molecule has 0 fully saturated rings. The van der Waals surface area contributed by atoms with Crippen molar-refractivity contribution in [2.24, 2.45) is 0 Å². The molecule has 4 nitrogen and oxygen atoms in total. The largest absolute Gasteiger partial charge is 0.478 e. The molecular weight excluding hydrogens is 146 g/mol. The van der Waals surface area contributed by atoms with Gasteiger partial charge in [0.2, 0.25) is 5.91 Å². The first-order chi connectivity index (χ1) is 5.16. The molecule has 0 aliphatic heterocycles. The molecule has 0 unspecified atom stereocenters. The number of carboxylic acids is 1. The Bertz CT molecular complexity index is 206. The maximum atomic E-state index is 10.5. The number of hydrogen-bond acceptors (Lipinski definition) is 2. The van der Waals surface area contributed by atoms with Gasteiger partial charge in [0.1, 0.15) is 0 Å². The van der Waals surface area contributed by atoms with E-state index in [1.807, 2.05) is 0 Å². The molecular formula is C7H9NO3. The average Bonchev–Trinajstić information content (AvgIpc) is 1.97. The van der Waals surface area contributed by atoms with Crippen LogP contribution in [0.25, 0.3) is 0 Å². The van der Waals surface area contributed by atoms with Crippen molar-refractivity contribution < 1.29 is 14.7 Å². The van der Waals surface area contributed by atoms with Crippen LogP contribution in [0.1, 0.15) is 0 Å². The van der Waals surface area contributed by atoms with E-state index in [9.17, 15) is 9.59 Å². The normalized spacial score (nSPS) is 10.6. The molecule has 0 atom stereocenters. The molecule has 0 bridgehead atoms. The van der Waals surface area contributed by atoms with Crippen molar-refractivity contribution in [2.45, 2.75) is 0 Å². The highest BCUT2D eigenvalue weighted by molar-refractivity contribution is 5.87. The predicted molar refractivity (Wildman–Crippen MR) is 40.0 cm³/mol. The van der Waals surface area contributed by atoms with E-state index in [4.69, 9.17) is 5.11 Å². The first-order valence-electron chi connectivity index (χ1n) is 2.96. The zero-order chi connectivity index (χ0) is 8.69. The summed E-state index contributed by atoms with van der Waals surface area (Å²) in [6.45, 7) is 0. The Hall–Kier alpha value is -1.58. The van der Waals surface area contributed by atoms with E-state index in [2.05, 4.69) is 5.32 Å². The van der Waals surface area contributed by atoms with Crippen LogP contribution >= 0.6 is 0 Å². The summed E-state index contributed by atoms with van der Waals surface area (Å²) < 4.78 is 0. The van der Waals surface area contributed by atoms with Crippen molar-refractivity contribution in [3.8, 4) is 0 Å². The third kappa shape index (κ3) is 6.30. The van der Waals surface area contributed by atoms with Crippen molar-refractivity contribution in [1.82, 2.24) is 5.32 Å². The third-order valence-corrected chi connectivity index (χ3v) is 0.844. The van der Waals surface area contributed by atoms with E-state index in [1.54, 1.807) is 0 Å². The minimum Gasteiger partial charge on any atom is -0.478 e. The van der Waals surface area contributed by atoms with Gasteiger partial charge in [-0.05, 0) is 0 Å². The second-order valence-electron chi connectivity index (χ2n) is 1.67. The second-order valence-corrected chi connectivity index (χ2v) is 1.67. The van der Waals surface area contributed by atoms with Crippen LogP contribution in [0.4, 0.5) is 0 Å². The van der Waals surface area contributed by atoms with Crippen LogP contribution in [0.15, 0.2) is 24.3 Å². The fourth-order valence-electron chi connectivity index (χ4n) is 0.364. The summed E-state index contributed by atoms with van der Waals surface area (Å²) in [7, 11) is 1.49. The highest BCUT2D eigenvalue weighted by atomic mass is 16.4. The maximum absolute atomic E-state index is 10.5. The van der Waals surface area contributed by atoms with Gasteiger partial charge in [0.15, 0.2) is 0 Å².